The molecule has 0 radical (unpaired) electrons. The summed E-state index contributed by atoms with van der Waals surface area (Å²) in [5, 5.41) is 9.70. The highest BCUT2D eigenvalue weighted by molar-refractivity contribution is 7.89. The van der Waals surface area contributed by atoms with Crippen LogP contribution in [0.5, 0.6) is 5.75 Å². The van der Waals surface area contributed by atoms with E-state index in [0.29, 0.717) is 38.3 Å². The van der Waals surface area contributed by atoms with E-state index in [1.807, 2.05) is 6.92 Å². The van der Waals surface area contributed by atoms with Crippen molar-refractivity contribution >= 4 is 21.8 Å². The lowest BCUT2D eigenvalue weighted by molar-refractivity contribution is -0.139. The number of rotatable bonds is 9. The maximum atomic E-state index is 13.3. The Morgan fingerprint density at radius 3 is 2.33 bits per heavy atom. The first-order valence-electron chi connectivity index (χ1n) is 12.3. The molecule has 2 amide bonds. The van der Waals surface area contributed by atoms with E-state index in [2.05, 4.69) is 4.90 Å². The summed E-state index contributed by atoms with van der Waals surface area (Å²) < 4.78 is 85.2. The molecule has 220 valence electrons. The summed E-state index contributed by atoms with van der Waals surface area (Å²) in [5.74, 6) is -3.38. The number of nitrogens with one attached hydrogen (secondary N) is 1. The first-order valence-corrected chi connectivity index (χ1v) is 14.0. The zero-order valence-corrected chi connectivity index (χ0v) is 23.0. The molecule has 9 nitrogen and oxygen atoms in total. The number of carbonyl (C=O) groups is 2. The number of carbonyl (C=O) groups excluding carboxylic acids is 2. The number of amides is 2. The molecule has 1 fully saturated rings. The molecule has 2 N–H and O–H groups in total. The minimum Gasteiger partial charge on any atom is -0.483 e. The highest BCUT2D eigenvalue weighted by Gasteiger charge is 2.33. The summed E-state index contributed by atoms with van der Waals surface area (Å²) >= 11 is 0. The molecule has 2 aromatic rings. The van der Waals surface area contributed by atoms with Gasteiger partial charge in [-0.05, 0) is 56.7 Å². The second kappa shape index (κ2) is 12.1. The number of sulfonamides is 1. The maximum Gasteiger partial charge on any atom is 0.416 e. The molecule has 0 aromatic heterocycles. The van der Waals surface area contributed by atoms with Crippen molar-refractivity contribution in [1.82, 2.24) is 14.5 Å². The first-order chi connectivity index (χ1) is 18.4. The van der Waals surface area contributed by atoms with Gasteiger partial charge < -0.3 is 14.7 Å². The third kappa shape index (κ3) is 8.63. The second-order valence-electron chi connectivity index (χ2n) is 10.2. The third-order valence-electron chi connectivity index (χ3n) is 6.24. The van der Waals surface area contributed by atoms with Crippen molar-refractivity contribution in [3.63, 3.8) is 0 Å². The van der Waals surface area contributed by atoms with Gasteiger partial charge in [-0.15, -0.1) is 0 Å². The fourth-order valence-electron chi connectivity index (χ4n) is 4.13. The molecule has 3 rings (SSSR count). The highest BCUT2D eigenvalue weighted by atomic mass is 32.2. The van der Waals surface area contributed by atoms with Crippen molar-refractivity contribution in [2.45, 2.75) is 50.9 Å². The molecular formula is C26H31F4N3O6S. The number of ether oxygens (including phenoxy) is 1. The third-order valence-corrected chi connectivity index (χ3v) is 7.43. The Labute approximate surface area is 229 Å². The van der Waals surface area contributed by atoms with Gasteiger partial charge in [0.1, 0.15) is 17.2 Å². The van der Waals surface area contributed by atoms with Crippen LogP contribution in [0.1, 0.15) is 37.5 Å². The first kappa shape index (κ1) is 31.3. The van der Waals surface area contributed by atoms with E-state index in [1.165, 1.54) is 12.1 Å². The smallest absolute Gasteiger partial charge is 0.416 e. The number of piperazine rings is 1. The van der Waals surface area contributed by atoms with E-state index in [9.17, 15) is 40.7 Å². The van der Waals surface area contributed by atoms with Gasteiger partial charge in [0.05, 0.1) is 11.3 Å². The monoisotopic (exact) mass is 589 g/mol. The summed E-state index contributed by atoms with van der Waals surface area (Å²) in [6.45, 7) is 5.33. The van der Waals surface area contributed by atoms with Gasteiger partial charge in [0.2, 0.25) is 10.0 Å². The fraction of sp³-hybridized carbons (Fsp3) is 0.462. The van der Waals surface area contributed by atoms with E-state index < -0.39 is 57.1 Å². The molecule has 0 aliphatic carbocycles. The van der Waals surface area contributed by atoms with E-state index >= 15 is 0 Å². The molecule has 1 atom stereocenters. The maximum absolute atomic E-state index is 13.3. The summed E-state index contributed by atoms with van der Waals surface area (Å²) in [4.78, 5) is 28.5. The molecule has 0 unspecified atom stereocenters. The fourth-order valence-corrected chi connectivity index (χ4v) is 5.37. The number of nitrogens with zero attached hydrogens (tertiary/aromatic N) is 2. The SMILES string of the molecule is C[C@@H]1CN(Cc2ccc(F)cc2)CCN1C(=O)COc1ccc(C(F)(F)F)cc1CS(=O)(=O)NC(=O)C(C)(C)O. The van der Waals surface area contributed by atoms with E-state index in [1.54, 1.807) is 21.8 Å². The number of hydrogen-bond donors (Lipinski definition) is 2. The van der Waals surface area contributed by atoms with Gasteiger partial charge in [-0.1, -0.05) is 12.1 Å². The van der Waals surface area contributed by atoms with Crippen LogP contribution in [0.3, 0.4) is 0 Å². The van der Waals surface area contributed by atoms with Gasteiger partial charge >= 0.3 is 6.18 Å². The van der Waals surface area contributed by atoms with E-state index in [4.69, 9.17) is 4.74 Å². The van der Waals surface area contributed by atoms with Crippen LogP contribution in [0.4, 0.5) is 17.6 Å². The summed E-state index contributed by atoms with van der Waals surface area (Å²) in [6.07, 6.45) is -4.79. The Morgan fingerprint density at radius 2 is 1.75 bits per heavy atom. The van der Waals surface area contributed by atoms with Crippen LogP contribution in [0, 0.1) is 5.82 Å². The average molecular weight is 590 g/mol. The lowest BCUT2D eigenvalue weighted by Crippen LogP contribution is -2.54. The van der Waals surface area contributed by atoms with Gasteiger partial charge in [0, 0.05) is 37.8 Å². The summed E-state index contributed by atoms with van der Waals surface area (Å²) in [5.41, 5.74) is -2.70. The highest BCUT2D eigenvalue weighted by Crippen LogP contribution is 2.33. The van der Waals surface area contributed by atoms with Crippen LogP contribution in [0.25, 0.3) is 0 Å². The standard InChI is InChI=1S/C26H31F4N3O6S/c1-17-13-32(14-18-4-7-21(27)8-5-18)10-11-33(17)23(34)15-39-22-9-6-20(26(28,29)30)12-19(22)16-40(37,38)31-24(35)25(2,3)36/h4-9,12,17,36H,10-11,13-16H2,1-3H3,(H,31,35)/t17-/m1/s1. The van der Waals surface area contributed by atoms with Crippen LogP contribution >= 0.6 is 0 Å². The predicted octanol–water partition coefficient (Wildman–Crippen LogP) is 2.67. The molecule has 2 aromatic carbocycles. The average Bonchev–Trinajstić information content (AvgIpc) is 2.83. The molecule has 1 heterocycles. The lowest BCUT2D eigenvalue weighted by atomic mass is 10.1. The number of alkyl halides is 3. The number of hydrogen-bond acceptors (Lipinski definition) is 7. The van der Waals surface area contributed by atoms with Crippen molar-refractivity contribution in [1.29, 1.82) is 0 Å². The molecular weight excluding hydrogens is 558 g/mol. The van der Waals surface area contributed by atoms with Crippen molar-refractivity contribution < 1.29 is 45.4 Å². The minimum absolute atomic E-state index is 0.227. The second-order valence-corrected chi connectivity index (χ2v) is 11.9. The summed E-state index contributed by atoms with van der Waals surface area (Å²) in [7, 11) is -4.53. The topological polar surface area (TPSA) is 116 Å². The number of aliphatic hydroxyl groups is 1. The van der Waals surface area contributed by atoms with Gasteiger partial charge in [-0.3, -0.25) is 19.2 Å². The van der Waals surface area contributed by atoms with E-state index in [0.717, 1.165) is 25.5 Å². The predicted molar refractivity (Wildman–Crippen MR) is 137 cm³/mol. The molecule has 40 heavy (non-hydrogen) atoms. The normalized spacial score (nSPS) is 17.0. The number of halogens is 4. The largest absolute Gasteiger partial charge is 0.483 e. The summed E-state index contributed by atoms with van der Waals surface area (Å²) in [6, 6.07) is 8.08. The zero-order chi connectivity index (χ0) is 29.9. The molecule has 14 heteroatoms. The van der Waals surface area contributed by atoms with Gasteiger partial charge in [-0.25, -0.2) is 12.8 Å². The van der Waals surface area contributed by atoms with Crippen LogP contribution in [0.15, 0.2) is 42.5 Å². The zero-order valence-electron chi connectivity index (χ0n) is 22.2. The molecule has 1 aliphatic heterocycles. The van der Waals surface area contributed by atoms with Gasteiger partial charge in [0.25, 0.3) is 11.8 Å². The van der Waals surface area contributed by atoms with Crippen molar-refractivity contribution in [2.75, 3.05) is 26.2 Å². The van der Waals surface area contributed by atoms with Crippen LogP contribution in [0.2, 0.25) is 0 Å². The Hall–Kier alpha value is -3.23. The van der Waals surface area contributed by atoms with Crippen molar-refractivity contribution in [3.05, 3.63) is 65.0 Å². The van der Waals surface area contributed by atoms with E-state index in [-0.39, 0.29) is 17.6 Å². The molecule has 0 saturated carbocycles. The number of benzene rings is 2. The lowest BCUT2D eigenvalue weighted by Gasteiger charge is -2.40. The van der Waals surface area contributed by atoms with Crippen LogP contribution in [-0.4, -0.2) is 73.0 Å². The van der Waals surface area contributed by atoms with Crippen molar-refractivity contribution in [3.8, 4) is 5.75 Å². The van der Waals surface area contributed by atoms with Gasteiger partial charge in [-0.2, -0.15) is 13.2 Å². The Kier molecular flexibility index (Phi) is 9.47. The molecule has 0 bridgehead atoms. The quantitative estimate of drug-likeness (QED) is 0.432. The molecule has 1 aliphatic rings. The van der Waals surface area contributed by atoms with Crippen LogP contribution in [-0.2, 0) is 38.1 Å². The Bertz CT molecular complexity index is 1330. The Balaban J connectivity index is 1.68. The van der Waals surface area contributed by atoms with Crippen LogP contribution < -0.4 is 9.46 Å². The molecule has 0 spiro atoms. The van der Waals surface area contributed by atoms with Gasteiger partial charge in [0.15, 0.2) is 6.61 Å². The minimum atomic E-state index is -4.79. The molecule has 1 saturated heterocycles. The Morgan fingerprint density at radius 1 is 1.10 bits per heavy atom. The van der Waals surface area contributed by atoms with Crippen molar-refractivity contribution in [2.24, 2.45) is 0 Å².